The molecule has 1 saturated heterocycles. The zero-order chi connectivity index (χ0) is 16.5. The van der Waals surface area contributed by atoms with Gasteiger partial charge in [0.05, 0.1) is 26.3 Å². The third kappa shape index (κ3) is 2.71. The number of methoxy groups -OCH3 is 2. The largest absolute Gasteiger partial charge is 0.497 e. The van der Waals surface area contributed by atoms with Crippen LogP contribution < -0.4 is 14.8 Å². The Morgan fingerprint density at radius 2 is 2.05 bits per heavy atom. The van der Waals surface area contributed by atoms with Crippen molar-refractivity contribution in [2.24, 2.45) is 0 Å². The van der Waals surface area contributed by atoms with Gasteiger partial charge in [0.15, 0.2) is 0 Å². The lowest BCUT2D eigenvalue weighted by atomic mass is 9.94. The second kappa shape index (κ2) is 6.26. The van der Waals surface area contributed by atoms with E-state index < -0.39 is 5.00 Å². The molecular formula is C15H18Cl2N2O3. The fourth-order valence-electron chi connectivity index (χ4n) is 2.40. The van der Waals surface area contributed by atoms with Crippen LogP contribution in [0.5, 0.6) is 11.5 Å². The van der Waals surface area contributed by atoms with Gasteiger partial charge < -0.3 is 19.7 Å². The molecule has 5 nitrogen and oxygen atoms in total. The predicted molar refractivity (Wildman–Crippen MR) is 86.3 cm³/mol. The lowest BCUT2D eigenvalue weighted by Crippen LogP contribution is -2.61. The molecule has 1 aromatic carbocycles. The molecule has 1 heterocycles. The van der Waals surface area contributed by atoms with Crippen molar-refractivity contribution in [1.29, 1.82) is 0 Å². The van der Waals surface area contributed by atoms with Crippen LogP contribution in [-0.2, 0) is 11.3 Å². The van der Waals surface area contributed by atoms with Crippen molar-refractivity contribution >= 4 is 29.1 Å². The lowest BCUT2D eigenvalue weighted by Gasteiger charge is -2.48. The van der Waals surface area contributed by atoms with E-state index in [1.165, 1.54) is 4.90 Å². The third-order valence-electron chi connectivity index (χ3n) is 3.68. The summed E-state index contributed by atoms with van der Waals surface area (Å²) in [5.41, 5.74) is 1.20. The first-order valence-electron chi connectivity index (χ1n) is 6.66. The molecule has 0 aliphatic carbocycles. The number of nitrogens with zero attached hydrogens (tertiary/aromatic N) is 1. The Labute approximate surface area is 139 Å². The van der Waals surface area contributed by atoms with Crippen LogP contribution in [0.2, 0.25) is 0 Å². The summed E-state index contributed by atoms with van der Waals surface area (Å²) in [6.45, 7) is 2.06. The summed E-state index contributed by atoms with van der Waals surface area (Å²) in [5, 5.41) is 3.01. The van der Waals surface area contributed by atoms with Crippen LogP contribution in [0.4, 0.5) is 0 Å². The molecule has 7 heteroatoms. The monoisotopic (exact) mass is 344 g/mol. The first kappa shape index (κ1) is 16.8. The topological polar surface area (TPSA) is 50.8 Å². The summed E-state index contributed by atoms with van der Waals surface area (Å²) < 4.78 is 10.5. The SMILES string of the molecule is CN/C(Cl)=C1/C(=O)N(Cc2ccc(OC)cc2OC)C1(C)Cl. The minimum absolute atomic E-state index is 0.199. The molecule has 0 saturated carbocycles. The number of rotatable bonds is 5. The zero-order valence-electron chi connectivity index (χ0n) is 12.9. The van der Waals surface area contributed by atoms with Gasteiger partial charge in [-0.25, -0.2) is 0 Å². The number of ether oxygens (including phenoxy) is 2. The van der Waals surface area contributed by atoms with Crippen molar-refractivity contribution in [2.75, 3.05) is 21.3 Å². The van der Waals surface area contributed by atoms with Crippen molar-refractivity contribution in [3.8, 4) is 11.5 Å². The average Bonchev–Trinajstić information content (AvgIpc) is 2.51. The van der Waals surface area contributed by atoms with Gasteiger partial charge in [-0.3, -0.25) is 4.79 Å². The van der Waals surface area contributed by atoms with E-state index in [1.54, 1.807) is 34.3 Å². The van der Waals surface area contributed by atoms with Crippen molar-refractivity contribution in [3.05, 3.63) is 34.5 Å². The standard InChI is InChI=1S/C15H18Cl2N2O3/c1-15(17)12(13(16)18-2)14(20)19(15)8-9-5-6-10(21-3)7-11(9)22-4/h5-7,18H,8H2,1-4H3/b13-12-. The number of likely N-dealkylation sites (tertiary alicyclic amines) is 1. The quantitative estimate of drug-likeness (QED) is 0.386. The minimum atomic E-state index is -0.956. The first-order chi connectivity index (χ1) is 10.4. The maximum Gasteiger partial charge on any atom is 0.258 e. The average molecular weight is 345 g/mol. The second-order valence-electron chi connectivity index (χ2n) is 4.96. The first-order valence-corrected chi connectivity index (χ1v) is 7.42. The summed E-state index contributed by atoms with van der Waals surface area (Å²) in [4.78, 5) is 12.9. The lowest BCUT2D eigenvalue weighted by molar-refractivity contribution is -0.139. The van der Waals surface area contributed by atoms with E-state index in [1.807, 2.05) is 12.1 Å². The Kier molecular flexibility index (Phi) is 4.78. The van der Waals surface area contributed by atoms with Crippen LogP contribution in [0.25, 0.3) is 0 Å². The highest BCUT2D eigenvalue weighted by molar-refractivity contribution is 6.39. The molecule has 1 aliphatic heterocycles. The normalized spacial score (nSPS) is 23.0. The number of carbonyl (C=O) groups excluding carboxylic acids is 1. The Morgan fingerprint density at radius 1 is 1.36 bits per heavy atom. The maximum atomic E-state index is 12.3. The number of amides is 1. The predicted octanol–water partition coefficient (Wildman–Crippen LogP) is 2.67. The number of hydrogen-bond donors (Lipinski definition) is 1. The van der Waals surface area contributed by atoms with Crippen LogP contribution in [0.15, 0.2) is 28.9 Å². The van der Waals surface area contributed by atoms with Crippen molar-refractivity contribution in [3.63, 3.8) is 0 Å². The molecule has 1 amide bonds. The summed E-state index contributed by atoms with van der Waals surface area (Å²) in [7, 11) is 4.80. The molecule has 1 unspecified atom stereocenters. The number of β-lactam (4-membered cyclic amide) rings is 1. The fraction of sp³-hybridized carbons (Fsp3) is 0.400. The molecular weight excluding hydrogens is 327 g/mol. The highest BCUT2D eigenvalue weighted by Gasteiger charge is 2.53. The van der Waals surface area contributed by atoms with Crippen molar-refractivity contribution in [2.45, 2.75) is 18.5 Å². The van der Waals surface area contributed by atoms with Gasteiger partial charge in [-0.05, 0) is 19.1 Å². The summed E-state index contributed by atoms with van der Waals surface area (Å²) >= 11 is 12.5. The number of halogens is 2. The van der Waals surface area contributed by atoms with E-state index in [0.717, 1.165) is 5.56 Å². The maximum absolute atomic E-state index is 12.3. The zero-order valence-corrected chi connectivity index (χ0v) is 14.4. The second-order valence-corrected chi connectivity index (χ2v) is 6.08. The number of alkyl halides is 1. The van der Waals surface area contributed by atoms with Crippen LogP contribution in [0.3, 0.4) is 0 Å². The van der Waals surface area contributed by atoms with Gasteiger partial charge in [0.25, 0.3) is 5.91 Å². The molecule has 22 heavy (non-hydrogen) atoms. The Hall–Kier alpha value is -1.59. The van der Waals surface area contributed by atoms with Gasteiger partial charge in [-0.15, -0.1) is 0 Å². The fourth-order valence-corrected chi connectivity index (χ4v) is 3.02. The van der Waals surface area contributed by atoms with E-state index >= 15 is 0 Å². The number of benzene rings is 1. The van der Waals surface area contributed by atoms with Gasteiger partial charge in [-0.2, -0.15) is 0 Å². The highest BCUT2D eigenvalue weighted by atomic mass is 35.5. The van der Waals surface area contributed by atoms with Crippen LogP contribution >= 0.6 is 23.2 Å². The van der Waals surface area contributed by atoms with Gasteiger partial charge in [0.1, 0.15) is 21.7 Å². The van der Waals surface area contributed by atoms with Gasteiger partial charge in [0, 0.05) is 18.7 Å². The summed E-state index contributed by atoms with van der Waals surface area (Å²) in [6.07, 6.45) is 0. The van der Waals surface area contributed by atoms with Gasteiger partial charge in [-0.1, -0.05) is 23.2 Å². The number of carbonyl (C=O) groups is 1. The van der Waals surface area contributed by atoms with E-state index in [4.69, 9.17) is 32.7 Å². The number of hydrogen-bond acceptors (Lipinski definition) is 4. The molecule has 1 aliphatic rings. The van der Waals surface area contributed by atoms with E-state index in [0.29, 0.717) is 23.6 Å². The highest BCUT2D eigenvalue weighted by Crippen LogP contribution is 2.44. The van der Waals surface area contributed by atoms with Crippen LogP contribution in [0.1, 0.15) is 12.5 Å². The van der Waals surface area contributed by atoms with Crippen LogP contribution in [0, 0.1) is 0 Å². The van der Waals surface area contributed by atoms with Gasteiger partial charge >= 0.3 is 0 Å². The Morgan fingerprint density at radius 3 is 2.55 bits per heavy atom. The van der Waals surface area contributed by atoms with E-state index in [9.17, 15) is 4.79 Å². The molecule has 1 N–H and O–H groups in total. The summed E-state index contributed by atoms with van der Waals surface area (Å²) in [5.74, 6) is 1.12. The third-order valence-corrected chi connectivity index (χ3v) is 4.45. The molecule has 1 fully saturated rings. The van der Waals surface area contributed by atoms with Crippen molar-refractivity contribution in [1.82, 2.24) is 10.2 Å². The van der Waals surface area contributed by atoms with E-state index in [-0.39, 0.29) is 11.1 Å². The number of nitrogens with one attached hydrogen (secondary N) is 1. The van der Waals surface area contributed by atoms with Crippen LogP contribution in [-0.4, -0.2) is 37.1 Å². The Balaban J connectivity index is 2.28. The minimum Gasteiger partial charge on any atom is -0.497 e. The molecule has 0 aromatic heterocycles. The molecule has 0 radical (unpaired) electrons. The molecule has 0 bridgehead atoms. The molecule has 0 spiro atoms. The Bertz CT molecular complexity index is 629. The van der Waals surface area contributed by atoms with Crippen molar-refractivity contribution < 1.29 is 14.3 Å². The molecule has 1 atom stereocenters. The molecule has 2 rings (SSSR count). The smallest absolute Gasteiger partial charge is 0.258 e. The van der Waals surface area contributed by atoms with Gasteiger partial charge in [0.2, 0.25) is 0 Å². The summed E-state index contributed by atoms with van der Waals surface area (Å²) in [6, 6.07) is 5.42. The molecule has 120 valence electrons. The van der Waals surface area contributed by atoms with E-state index in [2.05, 4.69) is 5.32 Å². The molecule has 1 aromatic rings.